The molecular weight excluding hydrogens is 304 g/mol. The molecule has 4 rings (SSSR count). The Morgan fingerprint density at radius 3 is 2.46 bits per heavy atom. The van der Waals surface area contributed by atoms with Gasteiger partial charge in [0.15, 0.2) is 5.79 Å². The molecule has 0 aliphatic carbocycles. The molecule has 3 heterocycles. The summed E-state index contributed by atoms with van der Waals surface area (Å²) in [5.41, 5.74) is 1.32. The van der Waals surface area contributed by atoms with Crippen molar-refractivity contribution in [2.75, 3.05) is 52.5 Å². The van der Waals surface area contributed by atoms with Gasteiger partial charge in [0, 0.05) is 26.1 Å². The van der Waals surface area contributed by atoms with Crippen LogP contribution in [0.5, 0.6) is 5.75 Å². The van der Waals surface area contributed by atoms with Gasteiger partial charge < -0.3 is 14.2 Å². The van der Waals surface area contributed by atoms with E-state index >= 15 is 0 Å². The first-order valence-electron chi connectivity index (χ1n) is 9.26. The van der Waals surface area contributed by atoms with Gasteiger partial charge >= 0.3 is 0 Å². The van der Waals surface area contributed by atoms with E-state index in [0.717, 1.165) is 58.2 Å². The Morgan fingerprint density at radius 2 is 1.71 bits per heavy atom. The summed E-state index contributed by atoms with van der Waals surface area (Å²) in [6.45, 7) is 8.60. The lowest BCUT2D eigenvalue weighted by atomic mass is 10.2. The van der Waals surface area contributed by atoms with Crippen LogP contribution in [0, 0.1) is 0 Å². The molecule has 0 bridgehead atoms. The summed E-state index contributed by atoms with van der Waals surface area (Å²) in [5, 5.41) is 0. The van der Waals surface area contributed by atoms with Crippen LogP contribution in [0.25, 0.3) is 0 Å². The summed E-state index contributed by atoms with van der Waals surface area (Å²) >= 11 is 0. The number of likely N-dealkylation sites (tertiary alicyclic amines) is 2. The molecule has 132 valence electrons. The average molecular weight is 332 g/mol. The van der Waals surface area contributed by atoms with E-state index in [1.54, 1.807) is 0 Å². The fourth-order valence-electron chi connectivity index (χ4n) is 3.94. The second kappa shape index (κ2) is 7.40. The highest BCUT2D eigenvalue weighted by molar-refractivity contribution is 5.27. The van der Waals surface area contributed by atoms with Crippen molar-refractivity contribution in [1.29, 1.82) is 0 Å². The minimum atomic E-state index is -0.321. The molecule has 3 saturated heterocycles. The predicted octanol–water partition coefficient (Wildman–Crippen LogP) is 2.11. The number of ether oxygens (including phenoxy) is 3. The van der Waals surface area contributed by atoms with Crippen molar-refractivity contribution in [1.82, 2.24) is 9.80 Å². The minimum Gasteiger partial charge on any atom is -0.492 e. The Morgan fingerprint density at radius 1 is 0.958 bits per heavy atom. The summed E-state index contributed by atoms with van der Waals surface area (Å²) in [4.78, 5) is 4.89. The van der Waals surface area contributed by atoms with Crippen LogP contribution in [-0.2, 0) is 16.0 Å². The normalized spacial score (nSPS) is 24.2. The standard InChI is InChI=1S/C19H28N2O3/c1-2-9-20(8-1)11-12-22-18-5-3-17(4-6-18)15-21-10-7-19(16-21)23-13-14-24-19/h3-6H,1-2,7-16H2. The number of hydrogen-bond donors (Lipinski definition) is 0. The molecule has 3 aliphatic heterocycles. The molecule has 5 heteroatoms. The van der Waals surface area contributed by atoms with Gasteiger partial charge in [-0.15, -0.1) is 0 Å². The molecule has 0 N–H and O–H groups in total. The van der Waals surface area contributed by atoms with Crippen molar-refractivity contribution in [2.45, 2.75) is 31.6 Å². The third-order valence-corrected chi connectivity index (χ3v) is 5.29. The molecule has 3 aliphatic rings. The van der Waals surface area contributed by atoms with Crippen LogP contribution >= 0.6 is 0 Å². The number of nitrogens with zero attached hydrogens (tertiary/aromatic N) is 2. The molecule has 0 amide bonds. The lowest BCUT2D eigenvalue weighted by molar-refractivity contribution is -0.145. The molecule has 1 aromatic carbocycles. The second-order valence-corrected chi connectivity index (χ2v) is 7.11. The summed E-state index contributed by atoms with van der Waals surface area (Å²) in [5.74, 6) is 0.650. The van der Waals surface area contributed by atoms with Crippen molar-refractivity contribution in [2.24, 2.45) is 0 Å². The Kier molecular flexibility index (Phi) is 5.03. The Labute approximate surface area is 144 Å². The van der Waals surface area contributed by atoms with Gasteiger partial charge in [0.2, 0.25) is 0 Å². The van der Waals surface area contributed by atoms with Gasteiger partial charge in [0.1, 0.15) is 12.4 Å². The predicted molar refractivity (Wildman–Crippen MR) is 92.1 cm³/mol. The third kappa shape index (κ3) is 3.91. The topological polar surface area (TPSA) is 34.2 Å². The maximum atomic E-state index is 5.87. The number of hydrogen-bond acceptors (Lipinski definition) is 5. The highest BCUT2D eigenvalue weighted by Gasteiger charge is 2.42. The summed E-state index contributed by atoms with van der Waals surface area (Å²) < 4.78 is 17.4. The zero-order valence-electron chi connectivity index (χ0n) is 14.4. The lowest BCUT2D eigenvalue weighted by Gasteiger charge is -2.22. The van der Waals surface area contributed by atoms with Crippen molar-refractivity contribution >= 4 is 0 Å². The van der Waals surface area contributed by atoms with E-state index in [1.165, 1.54) is 31.5 Å². The third-order valence-electron chi connectivity index (χ3n) is 5.29. The monoisotopic (exact) mass is 332 g/mol. The minimum absolute atomic E-state index is 0.321. The molecule has 0 saturated carbocycles. The van der Waals surface area contributed by atoms with Gasteiger partial charge in [0.25, 0.3) is 0 Å². The van der Waals surface area contributed by atoms with Crippen molar-refractivity contribution in [3.63, 3.8) is 0 Å². The average Bonchev–Trinajstić information content (AvgIpc) is 3.34. The number of benzene rings is 1. The van der Waals surface area contributed by atoms with E-state index in [-0.39, 0.29) is 5.79 Å². The van der Waals surface area contributed by atoms with E-state index in [0.29, 0.717) is 0 Å². The molecule has 0 unspecified atom stereocenters. The molecule has 24 heavy (non-hydrogen) atoms. The highest BCUT2D eigenvalue weighted by Crippen LogP contribution is 2.31. The van der Waals surface area contributed by atoms with E-state index < -0.39 is 0 Å². The van der Waals surface area contributed by atoms with Crippen LogP contribution < -0.4 is 4.74 Å². The summed E-state index contributed by atoms with van der Waals surface area (Å²) in [6.07, 6.45) is 3.65. The van der Waals surface area contributed by atoms with Crippen molar-refractivity contribution in [3.05, 3.63) is 29.8 Å². The zero-order chi connectivity index (χ0) is 16.2. The van der Waals surface area contributed by atoms with Gasteiger partial charge in [-0.2, -0.15) is 0 Å². The van der Waals surface area contributed by atoms with Crippen LogP contribution in [-0.4, -0.2) is 68.1 Å². The van der Waals surface area contributed by atoms with Gasteiger partial charge in [-0.25, -0.2) is 0 Å². The van der Waals surface area contributed by atoms with E-state index in [1.807, 2.05) is 0 Å². The highest BCUT2D eigenvalue weighted by atomic mass is 16.7. The fraction of sp³-hybridized carbons (Fsp3) is 0.684. The fourth-order valence-corrected chi connectivity index (χ4v) is 3.94. The molecule has 0 atom stereocenters. The molecule has 5 nitrogen and oxygen atoms in total. The van der Waals surface area contributed by atoms with Crippen LogP contribution in [0.4, 0.5) is 0 Å². The second-order valence-electron chi connectivity index (χ2n) is 7.11. The first-order valence-corrected chi connectivity index (χ1v) is 9.26. The SMILES string of the molecule is c1cc(OCCN2CCCC2)ccc1CN1CCC2(C1)OCCO2. The number of rotatable bonds is 6. The smallest absolute Gasteiger partial charge is 0.182 e. The Balaban J connectivity index is 1.22. The maximum absolute atomic E-state index is 5.87. The van der Waals surface area contributed by atoms with Gasteiger partial charge in [-0.1, -0.05) is 12.1 Å². The van der Waals surface area contributed by atoms with Crippen LogP contribution in [0.3, 0.4) is 0 Å². The molecule has 0 aromatic heterocycles. The quantitative estimate of drug-likeness (QED) is 0.797. The molecule has 0 radical (unpaired) electrons. The van der Waals surface area contributed by atoms with Crippen LogP contribution in [0.2, 0.25) is 0 Å². The van der Waals surface area contributed by atoms with Gasteiger partial charge in [-0.3, -0.25) is 9.80 Å². The van der Waals surface area contributed by atoms with E-state index in [4.69, 9.17) is 14.2 Å². The lowest BCUT2D eigenvalue weighted by Crippen LogP contribution is -2.34. The van der Waals surface area contributed by atoms with Crippen LogP contribution in [0.15, 0.2) is 24.3 Å². The molecular formula is C19H28N2O3. The summed E-state index contributed by atoms with van der Waals surface area (Å²) in [6, 6.07) is 8.53. The van der Waals surface area contributed by atoms with Gasteiger partial charge in [0.05, 0.1) is 19.8 Å². The van der Waals surface area contributed by atoms with E-state index in [2.05, 4.69) is 34.1 Å². The molecule has 1 aromatic rings. The largest absolute Gasteiger partial charge is 0.492 e. The Hall–Kier alpha value is -1.14. The maximum Gasteiger partial charge on any atom is 0.182 e. The molecule has 3 fully saturated rings. The van der Waals surface area contributed by atoms with Crippen molar-refractivity contribution in [3.8, 4) is 5.75 Å². The first-order chi connectivity index (χ1) is 11.8. The summed E-state index contributed by atoms with van der Waals surface area (Å²) in [7, 11) is 0. The van der Waals surface area contributed by atoms with Gasteiger partial charge in [-0.05, 0) is 43.6 Å². The van der Waals surface area contributed by atoms with Crippen LogP contribution in [0.1, 0.15) is 24.8 Å². The molecule has 1 spiro atoms. The van der Waals surface area contributed by atoms with Crippen molar-refractivity contribution < 1.29 is 14.2 Å². The first kappa shape index (κ1) is 16.3. The zero-order valence-corrected chi connectivity index (χ0v) is 14.4. The van der Waals surface area contributed by atoms with E-state index in [9.17, 15) is 0 Å². The Bertz CT molecular complexity index is 522.